The van der Waals surface area contributed by atoms with Crippen LogP contribution in [0.3, 0.4) is 0 Å². The Hall–Kier alpha value is -2.00. The molecule has 0 radical (unpaired) electrons. The standard InChI is InChI=1S/C16H14ClN3/c1-10(2)14-15(19-9-20-16(14)17)13-5-3-4-11-8-18-7-6-12(11)13/h3-10H,1-2H3. The summed E-state index contributed by atoms with van der Waals surface area (Å²) in [4.78, 5) is 12.7. The predicted molar refractivity (Wildman–Crippen MR) is 81.9 cm³/mol. The lowest BCUT2D eigenvalue weighted by atomic mass is 9.95. The second-order valence-corrected chi connectivity index (χ2v) is 5.34. The number of fused-ring (bicyclic) bond motifs is 1. The van der Waals surface area contributed by atoms with Crippen molar-refractivity contribution in [1.82, 2.24) is 15.0 Å². The summed E-state index contributed by atoms with van der Waals surface area (Å²) in [5.41, 5.74) is 2.95. The highest BCUT2D eigenvalue weighted by molar-refractivity contribution is 6.30. The van der Waals surface area contributed by atoms with Gasteiger partial charge in [0.15, 0.2) is 0 Å². The Kier molecular flexibility index (Phi) is 3.36. The van der Waals surface area contributed by atoms with E-state index in [9.17, 15) is 0 Å². The van der Waals surface area contributed by atoms with Gasteiger partial charge < -0.3 is 0 Å². The van der Waals surface area contributed by atoms with Crippen LogP contribution in [-0.4, -0.2) is 15.0 Å². The van der Waals surface area contributed by atoms with Gasteiger partial charge in [-0.05, 0) is 17.4 Å². The van der Waals surface area contributed by atoms with E-state index in [0.717, 1.165) is 27.6 Å². The van der Waals surface area contributed by atoms with Gasteiger partial charge in [0.25, 0.3) is 0 Å². The zero-order valence-corrected chi connectivity index (χ0v) is 12.1. The van der Waals surface area contributed by atoms with E-state index >= 15 is 0 Å². The molecule has 3 nitrogen and oxygen atoms in total. The summed E-state index contributed by atoms with van der Waals surface area (Å²) in [5, 5.41) is 2.74. The first-order chi connectivity index (χ1) is 9.68. The van der Waals surface area contributed by atoms with Gasteiger partial charge in [-0.15, -0.1) is 0 Å². The number of hydrogen-bond acceptors (Lipinski definition) is 3. The second-order valence-electron chi connectivity index (χ2n) is 4.98. The first-order valence-electron chi connectivity index (χ1n) is 6.52. The van der Waals surface area contributed by atoms with Crippen molar-refractivity contribution < 1.29 is 0 Å². The molecule has 3 rings (SSSR count). The van der Waals surface area contributed by atoms with Crippen LogP contribution in [0, 0.1) is 0 Å². The maximum Gasteiger partial charge on any atom is 0.136 e. The highest BCUT2D eigenvalue weighted by Crippen LogP contribution is 2.34. The van der Waals surface area contributed by atoms with Crippen molar-refractivity contribution in [3.8, 4) is 11.3 Å². The summed E-state index contributed by atoms with van der Waals surface area (Å²) >= 11 is 6.26. The van der Waals surface area contributed by atoms with Crippen molar-refractivity contribution in [2.24, 2.45) is 0 Å². The molecule has 3 aromatic rings. The van der Waals surface area contributed by atoms with E-state index in [4.69, 9.17) is 11.6 Å². The van der Waals surface area contributed by atoms with E-state index in [-0.39, 0.29) is 5.92 Å². The van der Waals surface area contributed by atoms with Gasteiger partial charge in [-0.1, -0.05) is 43.6 Å². The van der Waals surface area contributed by atoms with E-state index in [1.165, 1.54) is 6.33 Å². The summed E-state index contributed by atoms with van der Waals surface area (Å²) in [5.74, 6) is 0.260. The monoisotopic (exact) mass is 283 g/mol. The zero-order valence-electron chi connectivity index (χ0n) is 11.3. The minimum atomic E-state index is 0.260. The maximum absolute atomic E-state index is 6.26. The Labute approximate surface area is 122 Å². The van der Waals surface area contributed by atoms with Gasteiger partial charge in [0.1, 0.15) is 11.5 Å². The lowest BCUT2D eigenvalue weighted by Crippen LogP contribution is -1.99. The molecule has 0 bridgehead atoms. The number of hydrogen-bond donors (Lipinski definition) is 0. The Morgan fingerprint density at radius 2 is 1.95 bits per heavy atom. The molecule has 0 saturated carbocycles. The molecule has 2 heterocycles. The molecule has 0 spiro atoms. The van der Waals surface area contributed by atoms with Gasteiger partial charge in [0.05, 0.1) is 5.69 Å². The molecule has 0 fully saturated rings. The normalized spacial score (nSPS) is 11.2. The molecule has 0 aliphatic rings. The van der Waals surface area contributed by atoms with Crippen LogP contribution in [0.1, 0.15) is 25.3 Å². The van der Waals surface area contributed by atoms with Gasteiger partial charge in [0.2, 0.25) is 0 Å². The highest BCUT2D eigenvalue weighted by atomic mass is 35.5. The van der Waals surface area contributed by atoms with Crippen molar-refractivity contribution in [2.75, 3.05) is 0 Å². The third-order valence-corrected chi connectivity index (χ3v) is 3.65. The summed E-state index contributed by atoms with van der Waals surface area (Å²) in [6.45, 7) is 4.20. The molecular formula is C16H14ClN3. The summed E-state index contributed by atoms with van der Waals surface area (Å²) in [6.07, 6.45) is 5.17. The maximum atomic E-state index is 6.26. The van der Waals surface area contributed by atoms with E-state index in [2.05, 4.69) is 34.9 Å². The average molecular weight is 284 g/mol. The van der Waals surface area contributed by atoms with Gasteiger partial charge in [-0.25, -0.2) is 9.97 Å². The SMILES string of the molecule is CC(C)c1c(Cl)ncnc1-c1cccc2cnccc12. The molecule has 0 aliphatic heterocycles. The van der Waals surface area contributed by atoms with E-state index in [0.29, 0.717) is 5.15 Å². The van der Waals surface area contributed by atoms with Crippen LogP contribution in [0.4, 0.5) is 0 Å². The average Bonchev–Trinajstić information content (AvgIpc) is 2.46. The molecule has 0 saturated heterocycles. The fourth-order valence-electron chi connectivity index (χ4n) is 2.43. The number of pyridine rings is 1. The first-order valence-corrected chi connectivity index (χ1v) is 6.90. The lowest BCUT2D eigenvalue weighted by molar-refractivity contribution is 0.850. The van der Waals surface area contributed by atoms with Crippen LogP contribution < -0.4 is 0 Å². The lowest BCUT2D eigenvalue weighted by Gasteiger charge is -2.14. The molecule has 0 atom stereocenters. The fraction of sp³-hybridized carbons (Fsp3) is 0.188. The topological polar surface area (TPSA) is 38.7 Å². The summed E-state index contributed by atoms with van der Waals surface area (Å²) in [6, 6.07) is 8.13. The molecule has 2 aromatic heterocycles. The Bertz CT molecular complexity index is 763. The molecule has 0 aliphatic carbocycles. The Morgan fingerprint density at radius 3 is 2.75 bits per heavy atom. The number of benzene rings is 1. The number of halogens is 1. The number of aromatic nitrogens is 3. The summed E-state index contributed by atoms with van der Waals surface area (Å²) < 4.78 is 0. The Morgan fingerprint density at radius 1 is 1.10 bits per heavy atom. The van der Waals surface area contributed by atoms with Crippen molar-refractivity contribution in [3.05, 3.63) is 53.7 Å². The highest BCUT2D eigenvalue weighted by Gasteiger charge is 2.16. The quantitative estimate of drug-likeness (QED) is 0.651. The summed E-state index contributed by atoms with van der Waals surface area (Å²) in [7, 11) is 0. The molecule has 1 aromatic carbocycles. The molecule has 4 heteroatoms. The molecule has 0 amide bonds. The zero-order chi connectivity index (χ0) is 14.1. The van der Waals surface area contributed by atoms with Gasteiger partial charge in [-0.3, -0.25) is 4.98 Å². The van der Waals surface area contributed by atoms with E-state index < -0.39 is 0 Å². The largest absolute Gasteiger partial charge is 0.264 e. The molecular weight excluding hydrogens is 270 g/mol. The van der Waals surface area contributed by atoms with Crippen LogP contribution in [0.5, 0.6) is 0 Å². The van der Waals surface area contributed by atoms with Gasteiger partial charge >= 0.3 is 0 Å². The van der Waals surface area contributed by atoms with Crippen molar-refractivity contribution in [1.29, 1.82) is 0 Å². The van der Waals surface area contributed by atoms with Crippen molar-refractivity contribution in [2.45, 2.75) is 19.8 Å². The van der Waals surface area contributed by atoms with Gasteiger partial charge in [0, 0.05) is 28.9 Å². The minimum absolute atomic E-state index is 0.260. The van der Waals surface area contributed by atoms with E-state index in [1.807, 2.05) is 24.4 Å². The first kappa shape index (κ1) is 13.0. The van der Waals surface area contributed by atoms with Crippen LogP contribution in [0.2, 0.25) is 5.15 Å². The van der Waals surface area contributed by atoms with E-state index in [1.54, 1.807) is 6.20 Å². The van der Waals surface area contributed by atoms with Crippen LogP contribution in [0.25, 0.3) is 22.0 Å². The van der Waals surface area contributed by atoms with Crippen molar-refractivity contribution >= 4 is 22.4 Å². The third-order valence-electron chi connectivity index (χ3n) is 3.35. The fourth-order valence-corrected chi connectivity index (χ4v) is 2.78. The van der Waals surface area contributed by atoms with Gasteiger partial charge in [-0.2, -0.15) is 0 Å². The number of nitrogens with zero attached hydrogens (tertiary/aromatic N) is 3. The number of rotatable bonds is 2. The Balaban J connectivity index is 2.35. The smallest absolute Gasteiger partial charge is 0.136 e. The molecule has 20 heavy (non-hydrogen) atoms. The minimum Gasteiger partial charge on any atom is -0.264 e. The molecule has 100 valence electrons. The van der Waals surface area contributed by atoms with Crippen molar-refractivity contribution in [3.63, 3.8) is 0 Å². The predicted octanol–water partition coefficient (Wildman–Crippen LogP) is 4.47. The van der Waals surface area contributed by atoms with Crippen LogP contribution in [-0.2, 0) is 0 Å². The molecule has 0 unspecified atom stereocenters. The second kappa shape index (κ2) is 5.17. The third kappa shape index (κ3) is 2.14. The van der Waals surface area contributed by atoms with Crippen LogP contribution in [0.15, 0.2) is 43.0 Å². The molecule has 0 N–H and O–H groups in total. The van der Waals surface area contributed by atoms with Crippen LogP contribution >= 0.6 is 11.6 Å².